The Bertz CT molecular complexity index is 654. The fourth-order valence-corrected chi connectivity index (χ4v) is 3.70. The van der Waals surface area contributed by atoms with E-state index in [0.717, 1.165) is 10.4 Å². The predicted octanol–water partition coefficient (Wildman–Crippen LogP) is 6.98. The Morgan fingerprint density at radius 3 is 2.67 bits per heavy atom. The summed E-state index contributed by atoms with van der Waals surface area (Å²) in [5, 5.41) is 2.65. The van der Waals surface area contributed by atoms with Gasteiger partial charge in [0, 0.05) is 4.47 Å². The summed E-state index contributed by atoms with van der Waals surface area (Å²) in [6.45, 7) is 2.29. The molecule has 0 saturated carbocycles. The quantitative estimate of drug-likeness (QED) is 0.562. The van der Waals surface area contributed by atoms with Crippen LogP contribution in [-0.2, 0) is 0 Å². The van der Waals surface area contributed by atoms with E-state index >= 15 is 0 Å². The summed E-state index contributed by atoms with van der Waals surface area (Å²) in [4.78, 5) is 0. The molecule has 0 bridgehead atoms. The van der Waals surface area contributed by atoms with E-state index in [4.69, 9.17) is 0 Å². The molecule has 2 aromatic rings. The molecule has 0 saturated heterocycles. The van der Waals surface area contributed by atoms with Crippen LogP contribution in [0.25, 0.3) is 16.3 Å². The molecule has 0 N–H and O–H groups in total. The molecule has 0 radical (unpaired) electrons. The summed E-state index contributed by atoms with van der Waals surface area (Å²) in [6, 6.07) is 13.4. The summed E-state index contributed by atoms with van der Waals surface area (Å²) in [6.07, 6.45) is 10.5. The lowest BCUT2D eigenvalue weighted by molar-refractivity contribution is 0.434. The molecule has 2 aromatic carbocycles. The lowest BCUT2D eigenvalue weighted by atomic mass is 9.84. The van der Waals surface area contributed by atoms with E-state index < -0.39 is 0 Å². The van der Waals surface area contributed by atoms with Gasteiger partial charge in [0.2, 0.25) is 0 Å². The lowest BCUT2D eigenvalue weighted by Crippen LogP contribution is -2.05. The van der Waals surface area contributed by atoms with Gasteiger partial charge in [0.25, 0.3) is 0 Å². The monoisotopic (exact) mass is 342 g/mol. The second-order valence-electron chi connectivity index (χ2n) is 6.22. The van der Waals surface area contributed by atoms with Crippen LogP contribution in [0.2, 0.25) is 0 Å². The second kappa shape index (κ2) is 6.79. The number of unbranched alkanes of at least 4 members (excludes halogenated alkanes) is 1. The van der Waals surface area contributed by atoms with Gasteiger partial charge in [0.05, 0.1) is 0 Å². The lowest BCUT2D eigenvalue weighted by Gasteiger charge is -2.22. The van der Waals surface area contributed by atoms with E-state index in [-0.39, 0.29) is 0 Å². The molecule has 0 aromatic heterocycles. The fraction of sp³-hybridized carbons (Fsp3) is 0.400. The Labute approximate surface area is 136 Å². The van der Waals surface area contributed by atoms with Gasteiger partial charge in [-0.1, -0.05) is 66.4 Å². The van der Waals surface area contributed by atoms with Crippen LogP contribution in [0.1, 0.15) is 51.0 Å². The highest BCUT2D eigenvalue weighted by atomic mass is 79.9. The Kier molecular flexibility index (Phi) is 4.80. The maximum absolute atomic E-state index is 3.54. The molecule has 1 unspecified atom stereocenters. The third-order valence-corrected chi connectivity index (χ3v) is 5.15. The highest BCUT2D eigenvalue weighted by molar-refractivity contribution is 9.10. The summed E-state index contributed by atoms with van der Waals surface area (Å²) in [7, 11) is 0. The van der Waals surface area contributed by atoms with Crippen molar-refractivity contribution < 1.29 is 0 Å². The van der Waals surface area contributed by atoms with Gasteiger partial charge >= 0.3 is 0 Å². The molecule has 21 heavy (non-hydrogen) atoms. The number of fused-ring (bicyclic) bond motifs is 1. The second-order valence-corrected chi connectivity index (χ2v) is 7.13. The van der Waals surface area contributed by atoms with Gasteiger partial charge in [-0.15, -0.1) is 0 Å². The van der Waals surface area contributed by atoms with Crippen molar-refractivity contribution >= 4 is 32.3 Å². The van der Waals surface area contributed by atoms with Crippen LogP contribution in [0.5, 0.6) is 0 Å². The zero-order valence-corrected chi connectivity index (χ0v) is 14.3. The minimum atomic E-state index is 0.921. The minimum Gasteiger partial charge on any atom is -0.0804 e. The molecule has 0 aliphatic heterocycles. The molecule has 0 heterocycles. The molecule has 0 amide bonds. The molecule has 0 fully saturated rings. The van der Waals surface area contributed by atoms with Crippen LogP contribution >= 0.6 is 15.9 Å². The first-order chi connectivity index (χ1) is 10.3. The average Bonchev–Trinajstić information content (AvgIpc) is 2.53. The number of rotatable bonds is 4. The van der Waals surface area contributed by atoms with Crippen molar-refractivity contribution in [1.29, 1.82) is 0 Å². The molecule has 0 nitrogen and oxygen atoms in total. The molecule has 110 valence electrons. The Hall–Kier alpha value is -1.08. The van der Waals surface area contributed by atoms with Crippen molar-refractivity contribution in [2.45, 2.75) is 45.4 Å². The van der Waals surface area contributed by atoms with Crippen LogP contribution in [-0.4, -0.2) is 0 Å². The smallest absolute Gasteiger partial charge is 0.0181 e. The maximum atomic E-state index is 3.54. The number of hydrogen-bond acceptors (Lipinski definition) is 0. The van der Waals surface area contributed by atoms with Gasteiger partial charge in [-0.2, -0.15) is 0 Å². The summed E-state index contributed by atoms with van der Waals surface area (Å²) < 4.78 is 1.15. The van der Waals surface area contributed by atoms with Crippen molar-refractivity contribution in [2.24, 2.45) is 5.92 Å². The number of allylic oxidation sites excluding steroid dienone is 2. The van der Waals surface area contributed by atoms with Crippen molar-refractivity contribution in [3.63, 3.8) is 0 Å². The standard InChI is InChI=1S/C20H23Br/c1-2-3-4-15-5-7-16(8-6-15)17-9-10-19-14-20(21)12-11-18(19)13-17/h7,9-15H,2-6,8H2,1H3. The summed E-state index contributed by atoms with van der Waals surface area (Å²) in [5.74, 6) is 0.921. The Balaban J connectivity index is 1.78. The summed E-state index contributed by atoms with van der Waals surface area (Å²) >= 11 is 3.54. The van der Waals surface area contributed by atoms with E-state index in [1.165, 1.54) is 54.9 Å². The number of hydrogen-bond donors (Lipinski definition) is 0. The van der Waals surface area contributed by atoms with Gasteiger partial charge in [0.15, 0.2) is 0 Å². The normalized spacial score (nSPS) is 18.8. The maximum Gasteiger partial charge on any atom is 0.0181 e. The van der Waals surface area contributed by atoms with E-state index in [2.05, 4.69) is 65.3 Å². The number of benzene rings is 2. The molecule has 3 rings (SSSR count). The molecule has 1 heteroatoms. The van der Waals surface area contributed by atoms with E-state index in [9.17, 15) is 0 Å². The fourth-order valence-electron chi connectivity index (χ4n) is 3.32. The van der Waals surface area contributed by atoms with Crippen LogP contribution in [0.4, 0.5) is 0 Å². The first kappa shape index (κ1) is 14.8. The van der Waals surface area contributed by atoms with Crippen LogP contribution in [0, 0.1) is 5.92 Å². The minimum absolute atomic E-state index is 0.921. The first-order valence-corrected chi connectivity index (χ1v) is 8.94. The zero-order valence-electron chi connectivity index (χ0n) is 12.7. The van der Waals surface area contributed by atoms with E-state index in [0.29, 0.717) is 0 Å². The third-order valence-electron chi connectivity index (χ3n) is 4.66. The van der Waals surface area contributed by atoms with Gasteiger partial charge in [-0.3, -0.25) is 0 Å². The van der Waals surface area contributed by atoms with Crippen molar-refractivity contribution in [2.75, 3.05) is 0 Å². The molecule has 1 aliphatic rings. The largest absolute Gasteiger partial charge is 0.0804 e. The predicted molar refractivity (Wildman–Crippen MR) is 96.5 cm³/mol. The van der Waals surface area contributed by atoms with Gasteiger partial charge in [-0.25, -0.2) is 0 Å². The van der Waals surface area contributed by atoms with Gasteiger partial charge in [0.1, 0.15) is 0 Å². The average molecular weight is 343 g/mol. The van der Waals surface area contributed by atoms with E-state index in [1.54, 1.807) is 5.57 Å². The van der Waals surface area contributed by atoms with Crippen LogP contribution in [0.15, 0.2) is 46.9 Å². The molecule has 1 aliphatic carbocycles. The van der Waals surface area contributed by atoms with Crippen LogP contribution < -0.4 is 0 Å². The summed E-state index contributed by atoms with van der Waals surface area (Å²) in [5.41, 5.74) is 2.96. The third kappa shape index (κ3) is 3.58. The Morgan fingerprint density at radius 2 is 1.90 bits per heavy atom. The van der Waals surface area contributed by atoms with Crippen LogP contribution in [0.3, 0.4) is 0 Å². The molecule has 1 atom stereocenters. The molecular formula is C20H23Br. The highest BCUT2D eigenvalue weighted by Crippen LogP contribution is 2.34. The topological polar surface area (TPSA) is 0 Å². The first-order valence-electron chi connectivity index (χ1n) is 8.15. The highest BCUT2D eigenvalue weighted by Gasteiger charge is 2.15. The Morgan fingerprint density at radius 1 is 1.10 bits per heavy atom. The van der Waals surface area contributed by atoms with Crippen molar-refractivity contribution in [3.8, 4) is 0 Å². The van der Waals surface area contributed by atoms with Crippen molar-refractivity contribution in [3.05, 3.63) is 52.5 Å². The van der Waals surface area contributed by atoms with Gasteiger partial charge < -0.3 is 0 Å². The zero-order chi connectivity index (χ0) is 14.7. The van der Waals surface area contributed by atoms with Crippen molar-refractivity contribution in [1.82, 2.24) is 0 Å². The van der Waals surface area contributed by atoms with E-state index in [1.807, 2.05) is 0 Å². The SMILES string of the molecule is CCCCC1CC=C(c2ccc3cc(Br)ccc3c2)CC1. The number of halogens is 1. The van der Waals surface area contributed by atoms with Gasteiger partial charge in [-0.05, 0) is 65.3 Å². The molecule has 0 spiro atoms. The molecular weight excluding hydrogens is 320 g/mol.